The molecule has 4 nitrogen and oxygen atoms in total. The summed E-state index contributed by atoms with van der Waals surface area (Å²) in [7, 11) is 2.14. The Hall–Kier alpha value is -1.98. The number of hydrogen-bond donors (Lipinski definition) is 1. The van der Waals surface area contributed by atoms with Gasteiger partial charge < -0.3 is 10.0 Å². The van der Waals surface area contributed by atoms with Crippen LogP contribution >= 0.6 is 11.3 Å². The number of fused-ring (bicyclic) bond motifs is 3. The summed E-state index contributed by atoms with van der Waals surface area (Å²) in [4.78, 5) is 4.75. The summed E-state index contributed by atoms with van der Waals surface area (Å²) in [6.45, 7) is 2.06. The van der Waals surface area contributed by atoms with Gasteiger partial charge in [-0.25, -0.2) is 0 Å². The fourth-order valence-corrected chi connectivity index (χ4v) is 3.94. The Morgan fingerprint density at radius 1 is 1.24 bits per heavy atom. The molecule has 0 bridgehead atoms. The van der Waals surface area contributed by atoms with Gasteiger partial charge in [0, 0.05) is 28.9 Å². The number of rotatable bonds is 1. The molecule has 0 saturated heterocycles. The quantitative estimate of drug-likeness (QED) is 0.750. The number of nitrogens with zero attached hydrogens (tertiary/aromatic N) is 3. The Labute approximate surface area is 126 Å². The van der Waals surface area contributed by atoms with Crippen LogP contribution in [0.5, 0.6) is 5.75 Å². The lowest BCUT2D eigenvalue weighted by Crippen LogP contribution is -2.25. The van der Waals surface area contributed by atoms with Crippen LogP contribution in [0.4, 0.5) is 0 Å². The maximum atomic E-state index is 9.99. The van der Waals surface area contributed by atoms with Crippen molar-refractivity contribution in [2.45, 2.75) is 13.0 Å². The highest BCUT2D eigenvalue weighted by Gasteiger charge is 2.20. The van der Waals surface area contributed by atoms with Crippen LogP contribution < -0.4 is 0 Å². The molecule has 0 amide bonds. The number of para-hydroxylation sites is 1. The predicted molar refractivity (Wildman–Crippen MR) is 84.6 cm³/mol. The number of phenols is 1. The normalized spacial score (nSPS) is 15.3. The molecule has 0 aliphatic carbocycles. The first-order chi connectivity index (χ1) is 10.2. The Balaban J connectivity index is 1.90. The summed E-state index contributed by atoms with van der Waals surface area (Å²) in [5.74, 6) is 0.243. The van der Waals surface area contributed by atoms with Crippen molar-refractivity contribution >= 4 is 21.6 Å². The van der Waals surface area contributed by atoms with Gasteiger partial charge in [0.05, 0.1) is 5.69 Å². The van der Waals surface area contributed by atoms with Gasteiger partial charge in [-0.05, 0) is 37.2 Å². The molecule has 0 radical (unpaired) electrons. The third-order valence-corrected chi connectivity index (χ3v) is 5.16. The Morgan fingerprint density at radius 2 is 2.10 bits per heavy atom. The molecular formula is C16H15N3OS. The number of hydrogen-bond acceptors (Lipinski definition) is 5. The molecule has 2 aromatic heterocycles. The smallest absolute Gasteiger partial charge is 0.146 e. The third kappa shape index (κ3) is 2.09. The van der Waals surface area contributed by atoms with E-state index >= 15 is 0 Å². The molecule has 5 heteroatoms. The van der Waals surface area contributed by atoms with Crippen LogP contribution in [0.3, 0.4) is 0 Å². The average Bonchev–Trinajstić information content (AvgIpc) is 2.85. The predicted octanol–water partition coefficient (Wildman–Crippen LogP) is 3.05. The lowest BCUT2D eigenvalue weighted by atomic mass is 10.0. The molecule has 0 fully saturated rings. The van der Waals surface area contributed by atoms with Crippen molar-refractivity contribution in [1.29, 1.82) is 0 Å². The molecule has 0 unspecified atom stereocenters. The molecule has 0 atom stereocenters. The van der Waals surface area contributed by atoms with E-state index in [1.54, 1.807) is 17.4 Å². The zero-order valence-corrected chi connectivity index (χ0v) is 12.5. The fourth-order valence-electron chi connectivity index (χ4n) is 2.84. The molecule has 1 aromatic carbocycles. The SMILES string of the molecule is CN1CCc2sc3nnc(-c4ccccc4O)cc3c2C1. The second-order valence-electron chi connectivity index (χ2n) is 5.46. The topological polar surface area (TPSA) is 49.2 Å². The monoisotopic (exact) mass is 297 g/mol. The van der Waals surface area contributed by atoms with Crippen LogP contribution in [0.25, 0.3) is 21.5 Å². The maximum Gasteiger partial charge on any atom is 0.146 e. The van der Waals surface area contributed by atoms with Gasteiger partial charge in [-0.2, -0.15) is 0 Å². The first-order valence-electron chi connectivity index (χ1n) is 6.97. The average molecular weight is 297 g/mol. The first-order valence-corrected chi connectivity index (χ1v) is 7.79. The van der Waals surface area contributed by atoms with E-state index < -0.39 is 0 Å². The molecule has 3 aromatic rings. The summed E-state index contributed by atoms with van der Waals surface area (Å²) < 4.78 is 0. The molecule has 1 N–H and O–H groups in total. The third-order valence-electron chi connectivity index (χ3n) is 3.97. The van der Waals surface area contributed by atoms with E-state index in [0.29, 0.717) is 0 Å². The van der Waals surface area contributed by atoms with Crippen molar-refractivity contribution in [1.82, 2.24) is 15.1 Å². The molecule has 3 heterocycles. The van der Waals surface area contributed by atoms with Gasteiger partial charge in [-0.1, -0.05) is 12.1 Å². The van der Waals surface area contributed by atoms with Crippen LogP contribution in [0.15, 0.2) is 30.3 Å². The van der Waals surface area contributed by atoms with Gasteiger partial charge in [0.2, 0.25) is 0 Å². The van der Waals surface area contributed by atoms with Gasteiger partial charge in [-0.3, -0.25) is 0 Å². The molecule has 1 aliphatic heterocycles. The summed E-state index contributed by atoms with van der Waals surface area (Å²) in [6.07, 6.45) is 1.08. The van der Waals surface area contributed by atoms with E-state index in [1.807, 2.05) is 18.2 Å². The van der Waals surface area contributed by atoms with Gasteiger partial charge in [-0.15, -0.1) is 21.5 Å². The number of aromatic hydroxyl groups is 1. The summed E-state index contributed by atoms with van der Waals surface area (Å²) in [5.41, 5.74) is 2.83. The van der Waals surface area contributed by atoms with E-state index in [9.17, 15) is 5.11 Å². The van der Waals surface area contributed by atoms with Crippen molar-refractivity contribution in [2.75, 3.05) is 13.6 Å². The molecule has 106 valence electrons. The minimum Gasteiger partial charge on any atom is -0.507 e. The van der Waals surface area contributed by atoms with E-state index in [0.717, 1.165) is 35.6 Å². The summed E-state index contributed by atoms with van der Waals surface area (Å²) >= 11 is 1.75. The molecule has 21 heavy (non-hydrogen) atoms. The lowest BCUT2D eigenvalue weighted by Gasteiger charge is -2.22. The first kappa shape index (κ1) is 12.7. The van der Waals surface area contributed by atoms with Crippen LogP contribution in [-0.2, 0) is 13.0 Å². The zero-order chi connectivity index (χ0) is 14.4. The zero-order valence-electron chi connectivity index (χ0n) is 11.7. The maximum absolute atomic E-state index is 9.99. The summed E-state index contributed by atoms with van der Waals surface area (Å²) in [6, 6.07) is 9.32. The minimum absolute atomic E-state index is 0.243. The summed E-state index contributed by atoms with van der Waals surface area (Å²) in [5, 5.41) is 19.8. The van der Waals surface area contributed by atoms with Gasteiger partial charge in [0.15, 0.2) is 0 Å². The van der Waals surface area contributed by atoms with E-state index in [4.69, 9.17) is 0 Å². The van der Waals surface area contributed by atoms with Crippen LogP contribution in [0.1, 0.15) is 10.4 Å². The highest BCUT2D eigenvalue weighted by atomic mass is 32.1. The Morgan fingerprint density at radius 3 is 2.95 bits per heavy atom. The standard InChI is InChI=1S/C16H15N3OS/c1-19-7-6-15-12(9-19)11-8-13(17-18-16(11)21-15)10-4-2-3-5-14(10)20/h2-5,8,20H,6-7,9H2,1H3. The second kappa shape index (κ2) is 4.79. The van der Waals surface area contributed by atoms with Crippen LogP contribution in [0.2, 0.25) is 0 Å². The van der Waals surface area contributed by atoms with E-state index in [-0.39, 0.29) is 5.75 Å². The highest BCUT2D eigenvalue weighted by Crippen LogP contribution is 2.36. The molecule has 0 spiro atoms. The van der Waals surface area contributed by atoms with Crippen molar-refractivity contribution in [3.63, 3.8) is 0 Å². The van der Waals surface area contributed by atoms with Crippen LogP contribution in [-0.4, -0.2) is 33.8 Å². The van der Waals surface area contributed by atoms with Crippen molar-refractivity contribution in [2.24, 2.45) is 0 Å². The minimum atomic E-state index is 0.243. The van der Waals surface area contributed by atoms with Crippen molar-refractivity contribution in [3.8, 4) is 17.0 Å². The molecule has 1 aliphatic rings. The van der Waals surface area contributed by atoms with E-state index in [1.165, 1.54) is 15.8 Å². The molecule has 0 saturated carbocycles. The van der Waals surface area contributed by atoms with Crippen molar-refractivity contribution in [3.05, 3.63) is 40.8 Å². The molecule has 4 rings (SSSR count). The number of phenolic OH excluding ortho intramolecular Hbond substituents is 1. The fraction of sp³-hybridized carbons (Fsp3) is 0.250. The van der Waals surface area contributed by atoms with Gasteiger partial charge in [0.25, 0.3) is 0 Å². The number of thiophene rings is 1. The van der Waals surface area contributed by atoms with Crippen LogP contribution in [0, 0.1) is 0 Å². The number of benzene rings is 1. The highest BCUT2D eigenvalue weighted by molar-refractivity contribution is 7.18. The lowest BCUT2D eigenvalue weighted by molar-refractivity contribution is 0.317. The van der Waals surface area contributed by atoms with E-state index in [2.05, 4.69) is 28.2 Å². The van der Waals surface area contributed by atoms with Crippen molar-refractivity contribution < 1.29 is 5.11 Å². The Kier molecular flexibility index (Phi) is 2.90. The molecular weight excluding hydrogens is 282 g/mol. The second-order valence-corrected chi connectivity index (χ2v) is 6.54. The Bertz CT molecular complexity index is 828. The van der Waals surface area contributed by atoms with Gasteiger partial charge >= 0.3 is 0 Å². The number of aromatic nitrogens is 2. The number of likely N-dealkylation sites (N-methyl/N-ethyl adjacent to an activating group) is 1. The van der Waals surface area contributed by atoms with Gasteiger partial charge in [0.1, 0.15) is 10.6 Å². The largest absolute Gasteiger partial charge is 0.507 e.